The van der Waals surface area contributed by atoms with Crippen LogP contribution in [-0.4, -0.2) is 11.9 Å². The lowest BCUT2D eigenvalue weighted by Crippen LogP contribution is -2.93. The number of amides is 1. The molecule has 0 aliphatic rings. The fourth-order valence-electron chi connectivity index (χ4n) is 2.63. The highest BCUT2D eigenvalue weighted by Gasteiger charge is 2.26. The summed E-state index contributed by atoms with van der Waals surface area (Å²) in [7, 11) is 0. The molecule has 0 fully saturated rings. The van der Waals surface area contributed by atoms with Gasteiger partial charge in [0.15, 0.2) is 6.04 Å². The number of benzene rings is 2. The minimum atomic E-state index is -0.429. The van der Waals surface area contributed by atoms with Gasteiger partial charge in [-0.2, -0.15) is 0 Å². The van der Waals surface area contributed by atoms with Crippen LogP contribution in [0.3, 0.4) is 0 Å². The summed E-state index contributed by atoms with van der Waals surface area (Å²) >= 11 is 5.97. The molecule has 3 N–H and O–H groups in total. The van der Waals surface area contributed by atoms with Gasteiger partial charge in [0.1, 0.15) is 11.9 Å². The topological polar surface area (TPSA) is 45.7 Å². The van der Waals surface area contributed by atoms with E-state index in [2.05, 4.69) is 31.3 Å². The van der Waals surface area contributed by atoms with Crippen molar-refractivity contribution >= 4 is 23.2 Å². The molecule has 2 aromatic rings. The average Bonchev–Trinajstić information content (AvgIpc) is 2.55. The van der Waals surface area contributed by atoms with E-state index < -0.39 is 5.82 Å². The number of hydrogen-bond donors (Lipinski definition) is 2. The zero-order valence-electron chi connectivity index (χ0n) is 14.1. The van der Waals surface area contributed by atoms with E-state index in [0.717, 1.165) is 0 Å². The van der Waals surface area contributed by atoms with Gasteiger partial charge < -0.3 is 10.6 Å². The minimum Gasteiger partial charge on any atom is -0.330 e. The third-order valence-corrected chi connectivity index (χ3v) is 4.31. The van der Waals surface area contributed by atoms with E-state index in [9.17, 15) is 9.18 Å². The van der Waals surface area contributed by atoms with Crippen LogP contribution < -0.4 is 10.6 Å². The molecule has 5 heteroatoms. The predicted octanol–water partition coefficient (Wildman–Crippen LogP) is 3.77. The van der Waals surface area contributed by atoms with Crippen LogP contribution in [0.2, 0.25) is 5.02 Å². The van der Waals surface area contributed by atoms with Crippen molar-refractivity contribution in [3.63, 3.8) is 0 Å². The molecule has 0 saturated carbocycles. The predicted molar refractivity (Wildman–Crippen MR) is 95.4 cm³/mol. The molecule has 24 heavy (non-hydrogen) atoms. The molecule has 3 nitrogen and oxygen atoms in total. The molecule has 0 heterocycles. The Kier molecular flexibility index (Phi) is 6.35. The first kappa shape index (κ1) is 18.4. The smallest absolute Gasteiger partial charge is 0.282 e. The third kappa shape index (κ3) is 4.79. The molecule has 2 rings (SSSR count). The number of hydrogen-bond acceptors (Lipinski definition) is 1. The average molecular weight is 350 g/mol. The summed E-state index contributed by atoms with van der Waals surface area (Å²) in [5, 5.41) is 5.01. The van der Waals surface area contributed by atoms with Gasteiger partial charge in [-0.25, -0.2) is 4.39 Å². The maximum absolute atomic E-state index is 13.1. The number of nitrogens with two attached hydrogens (primary N) is 1. The lowest BCUT2D eigenvalue weighted by Gasteiger charge is -2.23. The first-order chi connectivity index (χ1) is 11.4. The Morgan fingerprint density at radius 2 is 1.79 bits per heavy atom. The maximum atomic E-state index is 13.1. The number of rotatable bonds is 6. The third-order valence-electron chi connectivity index (χ3n) is 4.00. The van der Waals surface area contributed by atoms with Gasteiger partial charge >= 0.3 is 0 Å². The summed E-state index contributed by atoms with van der Waals surface area (Å²) in [5.74, 6) is -0.219. The highest BCUT2D eigenvalue weighted by Crippen LogP contribution is 2.22. The first-order valence-corrected chi connectivity index (χ1v) is 8.42. The van der Waals surface area contributed by atoms with Crippen LogP contribution in [-0.2, 0) is 4.79 Å². The fourth-order valence-corrected chi connectivity index (χ4v) is 2.84. The van der Waals surface area contributed by atoms with Crippen LogP contribution >= 0.6 is 11.6 Å². The summed E-state index contributed by atoms with van der Waals surface area (Å²) in [6.07, 6.45) is 0. The largest absolute Gasteiger partial charge is 0.330 e. The number of nitrogens with one attached hydrogen (secondary N) is 1. The maximum Gasteiger partial charge on any atom is 0.282 e. The van der Waals surface area contributed by atoms with Crippen molar-refractivity contribution in [3.8, 4) is 0 Å². The summed E-state index contributed by atoms with van der Waals surface area (Å²) in [6, 6.07) is 13.9. The Hall–Kier alpha value is -1.91. The molecule has 2 aromatic carbocycles. The first-order valence-electron chi connectivity index (χ1n) is 8.04. The molecular weight excluding hydrogens is 327 g/mol. The number of halogens is 2. The molecule has 0 aliphatic heterocycles. The lowest BCUT2D eigenvalue weighted by molar-refractivity contribution is -0.718. The Bertz CT molecular complexity index is 691. The molecular formula is C19H23ClFN2O+. The van der Waals surface area contributed by atoms with E-state index in [-0.39, 0.29) is 23.0 Å². The van der Waals surface area contributed by atoms with Crippen molar-refractivity contribution in [2.24, 2.45) is 5.92 Å². The second kappa shape index (κ2) is 8.27. The van der Waals surface area contributed by atoms with Crippen molar-refractivity contribution in [2.45, 2.75) is 32.9 Å². The molecule has 0 aromatic heterocycles. The van der Waals surface area contributed by atoms with Gasteiger partial charge in [0, 0.05) is 11.5 Å². The Morgan fingerprint density at radius 3 is 2.38 bits per heavy atom. The molecule has 0 radical (unpaired) electrons. The van der Waals surface area contributed by atoms with Crippen molar-refractivity contribution < 1.29 is 14.5 Å². The number of carbonyl (C=O) groups excluding carboxylic acids is 1. The van der Waals surface area contributed by atoms with Crippen LogP contribution in [0.1, 0.15) is 32.4 Å². The summed E-state index contributed by atoms with van der Waals surface area (Å²) in [5.41, 5.74) is 1.61. The zero-order valence-corrected chi connectivity index (χ0v) is 14.8. The minimum absolute atomic E-state index is 0.162. The van der Waals surface area contributed by atoms with Crippen LogP contribution in [0.5, 0.6) is 0 Å². The molecule has 1 amide bonds. The van der Waals surface area contributed by atoms with Crippen LogP contribution in [0.4, 0.5) is 10.1 Å². The van der Waals surface area contributed by atoms with Gasteiger partial charge in [-0.15, -0.1) is 0 Å². The van der Waals surface area contributed by atoms with Crippen molar-refractivity contribution in [3.05, 3.63) is 64.9 Å². The highest BCUT2D eigenvalue weighted by molar-refractivity contribution is 6.33. The summed E-state index contributed by atoms with van der Waals surface area (Å²) in [4.78, 5) is 12.4. The zero-order chi connectivity index (χ0) is 17.7. The Balaban J connectivity index is 2.06. The number of quaternary nitrogens is 1. The van der Waals surface area contributed by atoms with Crippen molar-refractivity contribution in [1.29, 1.82) is 0 Å². The van der Waals surface area contributed by atoms with Crippen LogP contribution in [0, 0.1) is 11.7 Å². The summed E-state index contributed by atoms with van der Waals surface area (Å²) in [6.45, 7) is 6.12. The van der Waals surface area contributed by atoms with Crippen LogP contribution in [0.25, 0.3) is 0 Å². The Morgan fingerprint density at radius 1 is 1.12 bits per heavy atom. The van der Waals surface area contributed by atoms with Gasteiger partial charge in [0.05, 0.1) is 10.7 Å². The molecule has 0 spiro atoms. The van der Waals surface area contributed by atoms with Crippen LogP contribution in [0.15, 0.2) is 48.5 Å². The normalized spacial score (nSPS) is 13.6. The van der Waals surface area contributed by atoms with E-state index >= 15 is 0 Å². The van der Waals surface area contributed by atoms with Crippen molar-refractivity contribution in [1.82, 2.24) is 0 Å². The second-order valence-corrected chi connectivity index (χ2v) is 6.68. The van der Waals surface area contributed by atoms with E-state index in [1.165, 1.54) is 23.8 Å². The fraction of sp³-hybridized carbons (Fsp3) is 0.316. The molecule has 128 valence electrons. The quantitative estimate of drug-likeness (QED) is 0.819. The molecule has 0 unspecified atom stereocenters. The monoisotopic (exact) mass is 349 g/mol. The van der Waals surface area contributed by atoms with E-state index in [4.69, 9.17) is 11.6 Å². The van der Waals surface area contributed by atoms with Gasteiger partial charge in [0.2, 0.25) is 0 Å². The molecule has 0 saturated heterocycles. The summed E-state index contributed by atoms with van der Waals surface area (Å²) < 4.78 is 13.1. The van der Waals surface area contributed by atoms with Gasteiger partial charge in [0.25, 0.3) is 5.91 Å². The standard InChI is InChI=1S/C19H22ClFN2O/c1-12(2)18(14-7-5-4-6-8-14)22-13(3)19(24)23-17-10-9-15(21)11-16(17)20/h4-13,18,22H,1-3H3,(H,23,24)/p+1/t13-,18+/m0/s1. The van der Waals surface area contributed by atoms with Crippen molar-refractivity contribution in [2.75, 3.05) is 5.32 Å². The number of carbonyl (C=O) groups is 1. The van der Waals surface area contributed by atoms with E-state index in [1.54, 1.807) is 0 Å². The molecule has 0 bridgehead atoms. The Labute approximate surface area is 147 Å². The van der Waals surface area contributed by atoms with E-state index in [0.29, 0.717) is 11.6 Å². The lowest BCUT2D eigenvalue weighted by atomic mass is 9.95. The number of anilines is 1. The van der Waals surface area contributed by atoms with E-state index in [1.807, 2.05) is 30.4 Å². The van der Waals surface area contributed by atoms with Gasteiger partial charge in [-0.1, -0.05) is 55.8 Å². The highest BCUT2D eigenvalue weighted by atomic mass is 35.5. The SMILES string of the molecule is CC(C)[C@@H]([NH2+][C@@H](C)C(=O)Nc1ccc(F)cc1Cl)c1ccccc1. The molecule has 2 atom stereocenters. The molecule has 0 aliphatic carbocycles. The van der Waals surface area contributed by atoms with Gasteiger partial charge in [-0.3, -0.25) is 4.79 Å². The second-order valence-electron chi connectivity index (χ2n) is 6.28. The van der Waals surface area contributed by atoms with Gasteiger partial charge in [-0.05, 0) is 25.1 Å².